The zero-order chi connectivity index (χ0) is 18.2. The number of nitrogens with zero attached hydrogens (tertiary/aromatic N) is 2. The number of hydrogen-bond donors (Lipinski definition) is 1. The topological polar surface area (TPSA) is 53.1 Å². The Morgan fingerprint density at radius 1 is 1.00 bits per heavy atom. The van der Waals surface area contributed by atoms with Crippen molar-refractivity contribution >= 4 is 11.0 Å². The second-order valence-corrected chi connectivity index (χ2v) is 6.79. The van der Waals surface area contributed by atoms with Gasteiger partial charge in [-0.25, -0.2) is 4.98 Å². The Balaban J connectivity index is 1.61. The van der Waals surface area contributed by atoms with Crippen LogP contribution in [0.3, 0.4) is 0 Å². The Morgan fingerprint density at radius 2 is 1.88 bits per heavy atom. The molecule has 3 aromatic rings. The van der Waals surface area contributed by atoms with Crippen LogP contribution in [-0.2, 0) is 13.0 Å². The number of aryl methyl sites for hydroxylation is 3. The van der Waals surface area contributed by atoms with E-state index in [9.17, 15) is 0 Å². The first-order chi connectivity index (χ1) is 12.8. The number of unbranched alkanes of at least 4 members (excludes halogenated alkanes) is 2. The molecule has 3 rings (SSSR count). The molecule has 0 unspecified atom stereocenters. The van der Waals surface area contributed by atoms with Crippen LogP contribution in [0.2, 0.25) is 0 Å². The molecule has 4 heteroatoms. The van der Waals surface area contributed by atoms with Crippen molar-refractivity contribution in [2.75, 3.05) is 13.2 Å². The van der Waals surface area contributed by atoms with Crippen molar-refractivity contribution < 1.29 is 4.74 Å². The van der Waals surface area contributed by atoms with Gasteiger partial charge in [-0.05, 0) is 62.6 Å². The van der Waals surface area contributed by atoms with Crippen LogP contribution in [0.1, 0.15) is 37.1 Å². The molecule has 0 atom stereocenters. The largest absolute Gasteiger partial charge is 0.494 e. The molecule has 0 spiro atoms. The molecule has 2 aromatic carbocycles. The molecule has 0 amide bonds. The lowest BCUT2D eigenvalue weighted by molar-refractivity contribution is 0.301. The maximum atomic E-state index is 5.90. The van der Waals surface area contributed by atoms with E-state index in [1.807, 2.05) is 12.1 Å². The quantitative estimate of drug-likeness (QED) is 0.548. The van der Waals surface area contributed by atoms with Crippen molar-refractivity contribution in [3.8, 4) is 5.75 Å². The highest BCUT2D eigenvalue weighted by atomic mass is 16.5. The molecular formula is C22H29N3O. The van der Waals surface area contributed by atoms with Crippen LogP contribution < -0.4 is 10.5 Å². The van der Waals surface area contributed by atoms with Gasteiger partial charge in [0.15, 0.2) is 0 Å². The number of para-hydroxylation sites is 2. The lowest BCUT2D eigenvalue weighted by Crippen LogP contribution is -2.08. The Labute approximate surface area is 156 Å². The van der Waals surface area contributed by atoms with E-state index in [-0.39, 0.29) is 0 Å². The van der Waals surface area contributed by atoms with Crippen LogP contribution in [0.15, 0.2) is 48.5 Å². The van der Waals surface area contributed by atoms with E-state index in [4.69, 9.17) is 15.5 Å². The van der Waals surface area contributed by atoms with E-state index >= 15 is 0 Å². The third kappa shape index (κ3) is 4.85. The summed E-state index contributed by atoms with van der Waals surface area (Å²) in [4.78, 5) is 4.85. The number of nitrogens with two attached hydrogens (primary N) is 1. The SMILES string of the molecule is Cc1cccc(OCCCn2c(CCCCCN)nc3ccccc32)c1. The van der Waals surface area contributed by atoms with Crippen LogP contribution in [0.4, 0.5) is 0 Å². The minimum absolute atomic E-state index is 0.711. The predicted molar refractivity (Wildman–Crippen MR) is 108 cm³/mol. The van der Waals surface area contributed by atoms with Gasteiger partial charge in [-0.15, -0.1) is 0 Å². The maximum absolute atomic E-state index is 5.90. The minimum atomic E-state index is 0.711. The highest BCUT2D eigenvalue weighted by Gasteiger charge is 2.10. The molecule has 138 valence electrons. The molecule has 26 heavy (non-hydrogen) atoms. The Kier molecular flexibility index (Phi) is 6.67. The van der Waals surface area contributed by atoms with Crippen LogP contribution in [0.5, 0.6) is 5.75 Å². The van der Waals surface area contributed by atoms with Gasteiger partial charge >= 0.3 is 0 Å². The average Bonchev–Trinajstić information content (AvgIpc) is 3.00. The van der Waals surface area contributed by atoms with Crippen molar-refractivity contribution in [1.82, 2.24) is 9.55 Å². The predicted octanol–water partition coefficient (Wildman–Crippen LogP) is 4.49. The maximum Gasteiger partial charge on any atom is 0.119 e. The van der Waals surface area contributed by atoms with Crippen LogP contribution in [0.25, 0.3) is 11.0 Å². The number of imidazole rings is 1. The van der Waals surface area contributed by atoms with Crippen LogP contribution >= 0.6 is 0 Å². The van der Waals surface area contributed by atoms with Crippen molar-refractivity contribution in [1.29, 1.82) is 0 Å². The number of benzene rings is 2. The van der Waals surface area contributed by atoms with Gasteiger partial charge in [0.1, 0.15) is 11.6 Å². The van der Waals surface area contributed by atoms with Crippen LogP contribution in [0, 0.1) is 6.92 Å². The first-order valence-corrected chi connectivity index (χ1v) is 9.61. The summed E-state index contributed by atoms with van der Waals surface area (Å²) in [7, 11) is 0. The summed E-state index contributed by atoms with van der Waals surface area (Å²) in [5.74, 6) is 2.13. The molecule has 4 nitrogen and oxygen atoms in total. The van der Waals surface area contributed by atoms with Gasteiger partial charge < -0.3 is 15.0 Å². The minimum Gasteiger partial charge on any atom is -0.494 e. The number of fused-ring (bicyclic) bond motifs is 1. The van der Waals surface area contributed by atoms with Gasteiger partial charge in [-0.1, -0.05) is 30.7 Å². The Hall–Kier alpha value is -2.33. The molecule has 0 saturated carbocycles. The Morgan fingerprint density at radius 3 is 2.73 bits per heavy atom. The van der Waals surface area contributed by atoms with E-state index in [2.05, 4.69) is 47.9 Å². The summed E-state index contributed by atoms with van der Waals surface area (Å²) in [5, 5.41) is 0. The molecule has 0 bridgehead atoms. The van der Waals surface area contributed by atoms with E-state index in [1.165, 1.54) is 16.9 Å². The normalized spacial score (nSPS) is 11.2. The lowest BCUT2D eigenvalue weighted by atomic mass is 10.2. The van der Waals surface area contributed by atoms with Crippen molar-refractivity contribution in [3.63, 3.8) is 0 Å². The third-order valence-electron chi connectivity index (χ3n) is 4.62. The van der Waals surface area contributed by atoms with Crippen LogP contribution in [-0.4, -0.2) is 22.7 Å². The fraction of sp³-hybridized carbons (Fsp3) is 0.409. The van der Waals surface area contributed by atoms with Crippen molar-refractivity contribution in [3.05, 3.63) is 59.9 Å². The van der Waals surface area contributed by atoms with E-state index < -0.39 is 0 Å². The molecule has 0 aliphatic rings. The lowest BCUT2D eigenvalue weighted by Gasteiger charge is -2.11. The summed E-state index contributed by atoms with van der Waals surface area (Å²) >= 11 is 0. The van der Waals surface area contributed by atoms with Gasteiger partial charge in [0.2, 0.25) is 0 Å². The summed E-state index contributed by atoms with van der Waals surface area (Å²) in [6, 6.07) is 16.6. The van der Waals surface area contributed by atoms with Gasteiger partial charge in [0.25, 0.3) is 0 Å². The molecular weight excluding hydrogens is 322 g/mol. The number of aromatic nitrogens is 2. The first kappa shape index (κ1) is 18.5. The highest BCUT2D eigenvalue weighted by molar-refractivity contribution is 5.75. The van der Waals surface area contributed by atoms with Crippen molar-refractivity contribution in [2.24, 2.45) is 5.73 Å². The molecule has 2 N–H and O–H groups in total. The standard InChI is InChI=1S/C22H29N3O/c1-18-9-7-10-19(17-18)26-16-8-15-25-21-12-5-4-11-20(21)24-22(25)13-3-2-6-14-23/h4-5,7,9-12,17H,2-3,6,8,13-16,23H2,1H3. The zero-order valence-corrected chi connectivity index (χ0v) is 15.7. The average molecular weight is 351 g/mol. The molecule has 1 heterocycles. The fourth-order valence-electron chi connectivity index (χ4n) is 3.29. The van der Waals surface area contributed by atoms with Crippen molar-refractivity contribution in [2.45, 2.75) is 45.6 Å². The van der Waals surface area contributed by atoms with E-state index in [1.54, 1.807) is 0 Å². The molecule has 0 radical (unpaired) electrons. The first-order valence-electron chi connectivity index (χ1n) is 9.61. The molecule has 0 aliphatic carbocycles. The molecule has 0 saturated heterocycles. The van der Waals surface area contributed by atoms with Gasteiger partial charge in [0.05, 0.1) is 17.6 Å². The zero-order valence-electron chi connectivity index (χ0n) is 15.7. The smallest absolute Gasteiger partial charge is 0.119 e. The fourth-order valence-corrected chi connectivity index (χ4v) is 3.29. The summed E-state index contributed by atoms with van der Waals surface area (Å²) in [5.41, 5.74) is 9.13. The summed E-state index contributed by atoms with van der Waals surface area (Å²) in [6.45, 7) is 4.50. The monoisotopic (exact) mass is 351 g/mol. The molecule has 0 fully saturated rings. The number of rotatable bonds is 10. The van der Waals surface area contributed by atoms with Gasteiger partial charge in [-0.3, -0.25) is 0 Å². The van der Waals surface area contributed by atoms with Gasteiger partial charge in [0, 0.05) is 13.0 Å². The highest BCUT2D eigenvalue weighted by Crippen LogP contribution is 2.19. The Bertz CT molecular complexity index is 825. The van der Waals surface area contributed by atoms with Gasteiger partial charge in [-0.2, -0.15) is 0 Å². The molecule has 1 aromatic heterocycles. The summed E-state index contributed by atoms with van der Waals surface area (Å²) < 4.78 is 8.26. The molecule has 0 aliphatic heterocycles. The van der Waals surface area contributed by atoms with E-state index in [0.717, 1.165) is 56.5 Å². The number of ether oxygens (including phenoxy) is 1. The second-order valence-electron chi connectivity index (χ2n) is 6.79. The third-order valence-corrected chi connectivity index (χ3v) is 4.62. The summed E-state index contributed by atoms with van der Waals surface area (Å²) in [6.07, 6.45) is 5.36. The van der Waals surface area contributed by atoms with E-state index in [0.29, 0.717) is 6.61 Å². The number of hydrogen-bond acceptors (Lipinski definition) is 3. The second kappa shape index (κ2) is 9.39.